The number of carbonyl (C=O) groups excluding carboxylic acids is 4. The molecule has 6 aromatic carbocycles. The zero-order valence-electron chi connectivity index (χ0n) is 30.8. The highest BCUT2D eigenvalue weighted by molar-refractivity contribution is 6.49. The summed E-state index contributed by atoms with van der Waals surface area (Å²) in [4.78, 5) is 63.4. The lowest BCUT2D eigenvalue weighted by molar-refractivity contribution is -0.384. The van der Waals surface area contributed by atoms with Crippen LogP contribution in [-0.4, -0.2) is 54.4 Å². The first kappa shape index (κ1) is 39.1. The van der Waals surface area contributed by atoms with E-state index in [4.69, 9.17) is 9.47 Å². The van der Waals surface area contributed by atoms with Gasteiger partial charge in [-0.3, -0.25) is 29.3 Å². The van der Waals surface area contributed by atoms with Gasteiger partial charge in [-0.05, 0) is 91.3 Å². The number of ether oxygens (including phenoxy) is 2. The molecule has 57 heavy (non-hydrogen) atoms. The van der Waals surface area contributed by atoms with Gasteiger partial charge in [0.2, 0.25) is 23.1 Å². The van der Waals surface area contributed by atoms with Crippen molar-refractivity contribution in [1.82, 2.24) is 0 Å². The van der Waals surface area contributed by atoms with Crippen LogP contribution in [0, 0.1) is 17.0 Å². The molecule has 0 saturated heterocycles. The summed E-state index contributed by atoms with van der Waals surface area (Å²) in [6.07, 6.45) is 0. The Kier molecular flexibility index (Phi) is 12.8. The molecule has 0 spiro atoms. The molecule has 0 unspecified atom stereocenters. The number of aryl methyl sites for hydroxylation is 1. The SMILES string of the molecule is Cc1cc([N+](=O)[O-])ccc1N=Nc1ccc(N(CCOc2ccc(C(=O)C(=O)c3ccccc3)cc2)CCOc2ccc(C(=O)C(=O)c3ccccc3)cc2)cc1. The topological polar surface area (TPSA) is 158 Å². The van der Waals surface area contributed by atoms with Gasteiger partial charge in [0, 0.05) is 40.1 Å². The fraction of sp³-hybridized carbons (Fsp3) is 0.111. The maximum Gasteiger partial charge on any atom is 0.269 e. The monoisotopic (exact) mass is 760 g/mol. The third-order valence-corrected chi connectivity index (χ3v) is 8.86. The summed E-state index contributed by atoms with van der Waals surface area (Å²) in [6, 6.07) is 41.3. The Balaban J connectivity index is 1.10. The number of nitrogens with zero attached hydrogens (tertiary/aromatic N) is 4. The number of ketones is 4. The molecule has 12 heteroatoms. The minimum atomic E-state index is -0.605. The van der Waals surface area contributed by atoms with Crippen LogP contribution >= 0.6 is 0 Å². The molecule has 0 aliphatic heterocycles. The average molecular weight is 761 g/mol. The quantitative estimate of drug-likeness (QED) is 0.0274. The lowest BCUT2D eigenvalue weighted by Crippen LogP contribution is -2.32. The zero-order valence-corrected chi connectivity index (χ0v) is 30.8. The molecule has 0 amide bonds. The third kappa shape index (κ3) is 10.3. The van der Waals surface area contributed by atoms with Crippen molar-refractivity contribution < 1.29 is 33.6 Å². The van der Waals surface area contributed by atoms with Gasteiger partial charge in [-0.2, -0.15) is 10.2 Å². The first-order chi connectivity index (χ1) is 27.7. The van der Waals surface area contributed by atoms with Gasteiger partial charge in [0.05, 0.1) is 29.4 Å². The first-order valence-electron chi connectivity index (χ1n) is 17.9. The Morgan fingerprint density at radius 2 is 1.00 bits per heavy atom. The van der Waals surface area contributed by atoms with Gasteiger partial charge in [-0.15, -0.1) is 0 Å². The predicted molar refractivity (Wildman–Crippen MR) is 215 cm³/mol. The molecule has 0 radical (unpaired) electrons. The maximum atomic E-state index is 12.8. The number of hydrogen-bond acceptors (Lipinski definition) is 11. The van der Waals surface area contributed by atoms with Gasteiger partial charge in [0.1, 0.15) is 24.7 Å². The number of carbonyl (C=O) groups is 4. The number of nitro groups is 1. The van der Waals surface area contributed by atoms with E-state index in [2.05, 4.69) is 10.2 Å². The lowest BCUT2D eigenvalue weighted by atomic mass is 10.0. The van der Waals surface area contributed by atoms with Crippen LogP contribution in [-0.2, 0) is 0 Å². The average Bonchev–Trinajstić information content (AvgIpc) is 3.25. The van der Waals surface area contributed by atoms with Crippen LogP contribution in [0.3, 0.4) is 0 Å². The summed E-state index contributed by atoms with van der Waals surface area (Å²) in [6.45, 7) is 3.14. The number of hydrogen-bond donors (Lipinski definition) is 0. The molecule has 12 nitrogen and oxygen atoms in total. The Bertz CT molecular complexity index is 2290. The van der Waals surface area contributed by atoms with Gasteiger partial charge >= 0.3 is 0 Å². The van der Waals surface area contributed by atoms with Crippen LogP contribution in [0.15, 0.2) is 162 Å². The molecule has 284 valence electrons. The standard InChI is InChI=1S/C45H36N4O8/c1-31-30-38(49(54)55)20-25-41(31)47-46-36-16-18-37(19-17-36)48(26-28-56-39-21-12-34(13-22-39)44(52)42(50)32-8-4-2-5-9-32)27-29-57-40-23-14-35(15-24-40)45(53)43(51)33-10-6-3-7-11-33/h2-25,30H,26-29H2,1H3. The summed E-state index contributed by atoms with van der Waals surface area (Å²) in [5.41, 5.74) is 3.70. The summed E-state index contributed by atoms with van der Waals surface area (Å²) >= 11 is 0. The second kappa shape index (κ2) is 18.6. The second-order valence-corrected chi connectivity index (χ2v) is 12.7. The van der Waals surface area contributed by atoms with Crippen molar-refractivity contribution in [3.8, 4) is 11.5 Å². The van der Waals surface area contributed by atoms with Gasteiger partial charge in [-0.1, -0.05) is 60.7 Å². The summed E-state index contributed by atoms with van der Waals surface area (Å²) in [7, 11) is 0. The van der Waals surface area contributed by atoms with Gasteiger partial charge in [0.25, 0.3) is 5.69 Å². The molecule has 0 aliphatic carbocycles. The van der Waals surface area contributed by atoms with E-state index in [0.717, 1.165) is 5.69 Å². The number of Topliss-reactive ketones (excluding diaryl/α,β-unsaturated/α-hetero) is 4. The van der Waals surface area contributed by atoms with Crippen molar-refractivity contribution in [1.29, 1.82) is 0 Å². The molecule has 0 atom stereocenters. The number of anilines is 1. The van der Waals surface area contributed by atoms with Gasteiger partial charge in [-0.25, -0.2) is 0 Å². The molecule has 0 fully saturated rings. The summed E-state index contributed by atoms with van der Waals surface area (Å²) in [5.74, 6) is -1.34. The highest BCUT2D eigenvalue weighted by atomic mass is 16.6. The van der Waals surface area contributed by atoms with Crippen LogP contribution in [0.2, 0.25) is 0 Å². The summed E-state index contributed by atoms with van der Waals surface area (Å²) < 4.78 is 12.0. The zero-order chi connectivity index (χ0) is 40.1. The Hall–Kier alpha value is -7.60. The van der Waals surface area contributed by atoms with Crippen molar-refractivity contribution in [3.63, 3.8) is 0 Å². The molecule has 0 heterocycles. The smallest absolute Gasteiger partial charge is 0.269 e. The van der Waals surface area contributed by atoms with E-state index in [1.807, 2.05) is 17.0 Å². The van der Waals surface area contributed by atoms with Crippen molar-refractivity contribution in [2.45, 2.75) is 6.92 Å². The number of azo groups is 1. The minimum absolute atomic E-state index is 0.0197. The molecule has 6 rings (SSSR count). The van der Waals surface area contributed by atoms with E-state index < -0.39 is 28.1 Å². The van der Waals surface area contributed by atoms with E-state index in [1.165, 1.54) is 12.1 Å². The molecule has 0 saturated carbocycles. The largest absolute Gasteiger partial charge is 0.492 e. The first-order valence-corrected chi connectivity index (χ1v) is 17.9. The van der Waals surface area contributed by atoms with Crippen LogP contribution in [0.1, 0.15) is 47.0 Å². The molecular weight excluding hydrogens is 725 g/mol. The van der Waals surface area contributed by atoms with Crippen LogP contribution < -0.4 is 14.4 Å². The van der Waals surface area contributed by atoms with E-state index in [1.54, 1.807) is 134 Å². The van der Waals surface area contributed by atoms with Crippen molar-refractivity contribution in [2.24, 2.45) is 10.2 Å². The van der Waals surface area contributed by atoms with E-state index in [0.29, 0.717) is 52.7 Å². The predicted octanol–water partition coefficient (Wildman–Crippen LogP) is 9.41. The number of benzene rings is 6. The highest BCUT2D eigenvalue weighted by Gasteiger charge is 2.19. The van der Waals surface area contributed by atoms with Crippen LogP contribution in [0.4, 0.5) is 22.7 Å². The number of nitro benzene ring substituents is 1. The maximum absolute atomic E-state index is 12.8. The van der Waals surface area contributed by atoms with Crippen LogP contribution in [0.5, 0.6) is 11.5 Å². The van der Waals surface area contributed by atoms with Crippen molar-refractivity contribution in [2.75, 3.05) is 31.2 Å². The minimum Gasteiger partial charge on any atom is -0.492 e. The highest BCUT2D eigenvalue weighted by Crippen LogP contribution is 2.27. The Morgan fingerprint density at radius 1 is 0.561 bits per heavy atom. The Morgan fingerprint density at radius 3 is 1.42 bits per heavy atom. The number of non-ortho nitro benzene ring substituents is 1. The fourth-order valence-electron chi connectivity index (χ4n) is 5.73. The van der Waals surface area contributed by atoms with E-state index >= 15 is 0 Å². The molecule has 0 N–H and O–H groups in total. The second-order valence-electron chi connectivity index (χ2n) is 12.7. The molecular formula is C45H36N4O8. The van der Waals surface area contributed by atoms with Crippen LogP contribution in [0.25, 0.3) is 0 Å². The number of rotatable bonds is 18. The lowest BCUT2D eigenvalue weighted by Gasteiger charge is -2.25. The normalized spacial score (nSPS) is 10.8. The molecule has 0 aliphatic rings. The molecule has 0 aromatic heterocycles. The Labute approximate surface area is 328 Å². The fourth-order valence-corrected chi connectivity index (χ4v) is 5.73. The molecule has 0 bridgehead atoms. The van der Waals surface area contributed by atoms with E-state index in [9.17, 15) is 29.3 Å². The van der Waals surface area contributed by atoms with Gasteiger partial charge in [0.15, 0.2) is 0 Å². The van der Waals surface area contributed by atoms with Crippen molar-refractivity contribution >= 4 is 45.9 Å². The molecule has 6 aromatic rings. The summed E-state index contributed by atoms with van der Waals surface area (Å²) in [5, 5.41) is 19.7. The van der Waals surface area contributed by atoms with E-state index in [-0.39, 0.29) is 30.0 Å². The van der Waals surface area contributed by atoms with Crippen molar-refractivity contribution in [3.05, 3.63) is 190 Å². The van der Waals surface area contributed by atoms with Gasteiger partial charge < -0.3 is 14.4 Å². The third-order valence-electron chi connectivity index (χ3n) is 8.86.